The normalized spacial score (nSPS) is 15.0. The first-order chi connectivity index (χ1) is 16.0. The fourth-order valence-corrected chi connectivity index (χ4v) is 5.07. The van der Waals surface area contributed by atoms with Gasteiger partial charge < -0.3 is 8.92 Å². The van der Waals surface area contributed by atoms with Crippen molar-refractivity contribution < 1.29 is 36.6 Å². The van der Waals surface area contributed by atoms with Crippen molar-refractivity contribution in [3.05, 3.63) is 67.5 Å². The molecule has 34 heavy (non-hydrogen) atoms. The fraction of sp³-hybridized carbons (Fsp3) is 0.150. The van der Waals surface area contributed by atoms with E-state index in [0.29, 0.717) is 17.3 Å². The van der Waals surface area contributed by atoms with Crippen LogP contribution in [0.3, 0.4) is 0 Å². The zero-order valence-corrected chi connectivity index (χ0v) is 20.5. The van der Waals surface area contributed by atoms with Crippen molar-refractivity contribution in [1.82, 2.24) is 4.90 Å². The predicted octanol–water partition coefficient (Wildman–Crippen LogP) is 3.72. The van der Waals surface area contributed by atoms with Gasteiger partial charge in [0.2, 0.25) is 0 Å². The Morgan fingerprint density at radius 1 is 1.21 bits per heavy atom. The second-order valence-electron chi connectivity index (χ2n) is 6.55. The molecule has 0 spiro atoms. The highest BCUT2D eigenvalue weighted by atomic mass is 79.9. The van der Waals surface area contributed by atoms with E-state index in [-0.39, 0.29) is 32.3 Å². The summed E-state index contributed by atoms with van der Waals surface area (Å²) in [6, 6.07) is 8.48. The SMILES string of the molecule is CCOC(=O)CN1C(=O)S/C(=C\c2ccc(OS(=O)(=O)c3ccc([N+](=O)[O-])cc3)c(Br)c2)C1=O. The number of non-ortho nitro benzene ring substituents is 1. The maximum absolute atomic E-state index is 12.5. The number of benzene rings is 2. The molecule has 1 heterocycles. The Morgan fingerprint density at radius 3 is 2.47 bits per heavy atom. The van der Waals surface area contributed by atoms with E-state index in [1.54, 1.807) is 6.92 Å². The number of thioether (sulfide) groups is 1. The number of carbonyl (C=O) groups is 3. The zero-order valence-electron chi connectivity index (χ0n) is 17.3. The number of nitro benzene ring substituents is 1. The molecule has 0 aliphatic carbocycles. The number of ether oxygens (including phenoxy) is 1. The fourth-order valence-electron chi connectivity index (χ4n) is 2.70. The first-order valence-corrected chi connectivity index (χ1v) is 12.4. The summed E-state index contributed by atoms with van der Waals surface area (Å²) in [4.78, 5) is 46.8. The lowest BCUT2D eigenvalue weighted by atomic mass is 10.2. The van der Waals surface area contributed by atoms with Gasteiger partial charge in [-0.25, -0.2) is 0 Å². The Labute approximate surface area is 206 Å². The van der Waals surface area contributed by atoms with Crippen LogP contribution in [0.4, 0.5) is 10.5 Å². The van der Waals surface area contributed by atoms with E-state index >= 15 is 0 Å². The zero-order chi connectivity index (χ0) is 25.0. The number of halogens is 1. The summed E-state index contributed by atoms with van der Waals surface area (Å²) in [6.45, 7) is 1.23. The average Bonchev–Trinajstić information content (AvgIpc) is 3.03. The van der Waals surface area contributed by atoms with Crippen LogP contribution in [-0.4, -0.2) is 48.5 Å². The molecule has 178 valence electrons. The second-order valence-corrected chi connectivity index (χ2v) is 9.95. The monoisotopic (exact) mass is 570 g/mol. The highest BCUT2D eigenvalue weighted by Gasteiger charge is 2.36. The van der Waals surface area contributed by atoms with Gasteiger partial charge in [0.05, 0.1) is 20.9 Å². The van der Waals surface area contributed by atoms with Gasteiger partial charge in [-0.3, -0.25) is 29.4 Å². The van der Waals surface area contributed by atoms with Gasteiger partial charge in [-0.15, -0.1) is 0 Å². The van der Waals surface area contributed by atoms with Crippen LogP contribution in [0.25, 0.3) is 6.08 Å². The lowest BCUT2D eigenvalue weighted by molar-refractivity contribution is -0.384. The summed E-state index contributed by atoms with van der Waals surface area (Å²) in [7, 11) is -4.27. The molecule has 0 saturated carbocycles. The molecule has 2 aromatic carbocycles. The maximum Gasteiger partial charge on any atom is 0.339 e. The van der Waals surface area contributed by atoms with Crippen LogP contribution in [0.1, 0.15) is 12.5 Å². The lowest BCUT2D eigenvalue weighted by Crippen LogP contribution is -2.34. The minimum absolute atomic E-state index is 0.0640. The molecule has 14 heteroatoms. The van der Waals surface area contributed by atoms with Crippen molar-refractivity contribution in [3.63, 3.8) is 0 Å². The van der Waals surface area contributed by atoms with Crippen molar-refractivity contribution in [1.29, 1.82) is 0 Å². The molecule has 0 unspecified atom stereocenters. The van der Waals surface area contributed by atoms with E-state index in [2.05, 4.69) is 15.9 Å². The first-order valence-electron chi connectivity index (χ1n) is 9.41. The van der Waals surface area contributed by atoms with E-state index in [0.717, 1.165) is 29.2 Å². The van der Waals surface area contributed by atoms with Gasteiger partial charge in [0.1, 0.15) is 11.4 Å². The van der Waals surface area contributed by atoms with Gasteiger partial charge in [-0.05, 0) is 70.5 Å². The molecule has 0 bridgehead atoms. The van der Waals surface area contributed by atoms with Crippen molar-refractivity contribution >= 4 is 66.7 Å². The highest BCUT2D eigenvalue weighted by molar-refractivity contribution is 9.10. The van der Waals surface area contributed by atoms with Gasteiger partial charge in [-0.1, -0.05) is 6.07 Å². The van der Waals surface area contributed by atoms with E-state index in [9.17, 15) is 32.9 Å². The number of hydrogen-bond acceptors (Lipinski definition) is 10. The molecule has 3 rings (SSSR count). The summed E-state index contributed by atoms with van der Waals surface area (Å²) < 4.78 is 35.1. The molecule has 0 radical (unpaired) electrons. The number of nitrogens with zero attached hydrogens (tertiary/aromatic N) is 2. The van der Waals surface area contributed by atoms with E-state index in [1.807, 2.05) is 0 Å². The molecule has 0 aromatic heterocycles. The quantitative estimate of drug-likeness (QED) is 0.151. The molecule has 2 aromatic rings. The molecule has 2 amide bonds. The second kappa shape index (κ2) is 10.4. The van der Waals surface area contributed by atoms with E-state index < -0.39 is 38.7 Å². The van der Waals surface area contributed by atoms with Crippen molar-refractivity contribution in [2.45, 2.75) is 11.8 Å². The Morgan fingerprint density at radius 2 is 1.88 bits per heavy atom. The molecular weight excluding hydrogens is 556 g/mol. The first kappa shape index (κ1) is 25.4. The third-order valence-electron chi connectivity index (χ3n) is 4.26. The molecule has 1 saturated heterocycles. The Hall–Kier alpha value is -3.23. The number of carbonyl (C=O) groups excluding carboxylic acids is 3. The minimum Gasteiger partial charge on any atom is -0.465 e. The molecule has 1 fully saturated rings. The average molecular weight is 571 g/mol. The van der Waals surface area contributed by atoms with Crippen LogP contribution >= 0.6 is 27.7 Å². The lowest BCUT2D eigenvalue weighted by Gasteiger charge is -2.11. The summed E-state index contributed by atoms with van der Waals surface area (Å²) in [5.74, 6) is -1.42. The number of imide groups is 1. The summed E-state index contributed by atoms with van der Waals surface area (Å²) >= 11 is 3.86. The summed E-state index contributed by atoms with van der Waals surface area (Å²) in [6.07, 6.45) is 1.41. The Balaban J connectivity index is 1.77. The summed E-state index contributed by atoms with van der Waals surface area (Å²) in [5, 5.41) is 10.1. The van der Waals surface area contributed by atoms with Crippen molar-refractivity contribution in [2.24, 2.45) is 0 Å². The van der Waals surface area contributed by atoms with Crippen molar-refractivity contribution in [3.8, 4) is 5.75 Å². The van der Waals surface area contributed by atoms with Crippen molar-refractivity contribution in [2.75, 3.05) is 13.2 Å². The Bertz CT molecular complexity index is 1310. The number of nitro groups is 1. The van der Waals surface area contributed by atoms with Gasteiger partial charge in [0.15, 0.2) is 5.75 Å². The van der Waals surface area contributed by atoms with Crippen LogP contribution in [-0.2, 0) is 24.4 Å². The Kier molecular flexibility index (Phi) is 7.74. The molecule has 0 N–H and O–H groups in total. The smallest absolute Gasteiger partial charge is 0.339 e. The van der Waals surface area contributed by atoms with Crippen LogP contribution < -0.4 is 4.18 Å². The summed E-state index contributed by atoms with van der Waals surface area (Å²) in [5.41, 5.74) is 0.185. The van der Waals surface area contributed by atoms with Gasteiger partial charge in [-0.2, -0.15) is 8.42 Å². The third kappa shape index (κ3) is 5.81. The maximum atomic E-state index is 12.5. The number of amides is 2. The third-order valence-corrected chi connectivity index (χ3v) is 7.03. The van der Waals surface area contributed by atoms with Crippen LogP contribution in [0.5, 0.6) is 5.75 Å². The number of rotatable bonds is 8. The van der Waals surface area contributed by atoms with Gasteiger partial charge >= 0.3 is 16.1 Å². The molecular formula is C20H15BrN2O9S2. The van der Waals surface area contributed by atoms with Crippen LogP contribution in [0, 0.1) is 10.1 Å². The standard InChI is InChI=1S/C20H15BrN2O9S2/c1-2-31-18(24)11-22-19(25)17(33-20(22)26)10-12-3-8-16(15(21)9-12)32-34(29,30)14-6-4-13(5-7-14)23(27)28/h3-10H,2,11H2,1H3/b17-10-. The van der Waals surface area contributed by atoms with Crippen LogP contribution in [0.15, 0.2) is 56.7 Å². The predicted molar refractivity (Wildman–Crippen MR) is 124 cm³/mol. The van der Waals surface area contributed by atoms with Gasteiger partial charge in [0.25, 0.3) is 16.8 Å². The number of esters is 1. The van der Waals surface area contributed by atoms with E-state index in [1.165, 1.54) is 24.3 Å². The molecule has 1 aliphatic rings. The molecule has 1 aliphatic heterocycles. The number of hydrogen-bond donors (Lipinski definition) is 0. The highest BCUT2D eigenvalue weighted by Crippen LogP contribution is 2.34. The molecule has 0 atom stereocenters. The largest absolute Gasteiger partial charge is 0.465 e. The minimum atomic E-state index is -4.27. The van der Waals surface area contributed by atoms with Crippen LogP contribution in [0.2, 0.25) is 0 Å². The molecule has 11 nitrogen and oxygen atoms in total. The van der Waals surface area contributed by atoms with Gasteiger partial charge in [0, 0.05) is 12.1 Å². The van der Waals surface area contributed by atoms with E-state index in [4.69, 9.17) is 8.92 Å². The topological polar surface area (TPSA) is 150 Å².